The number of thioether (sulfide) groups is 1. The third-order valence-corrected chi connectivity index (χ3v) is 4.46. The molecule has 0 radical (unpaired) electrons. The fourth-order valence-electron chi connectivity index (χ4n) is 2.33. The largest absolute Gasteiger partial charge is 0.493 e. The van der Waals surface area contributed by atoms with Crippen LogP contribution in [0.15, 0.2) is 58.8 Å². The summed E-state index contributed by atoms with van der Waals surface area (Å²) in [5, 5.41) is 9.35. The van der Waals surface area contributed by atoms with Gasteiger partial charge in [0.2, 0.25) is 0 Å². The Labute approximate surface area is 149 Å². The van der Waals surface area contributed by atoms with Gasteiger partial charge in [-0.05, 0) is 37.3 Å². The minimum absolute atomic E-state index is 0.277. The number of allylic oxidation sites excluding steroid dienone is 1. The van der Waals surface area contributed by atoms with Crippen molar-refractivity contribution in [1.82, 2.24) is 14.8 Å². The molecule has 0 amide bonds. The molecule has 0 N–H and O–H groups in total. The lowest BCUT2D eigenvalue weighted by Crippen LogP contribution is -2.04. The lowest BCUT2D eigenvalue weighted by molar-refractivity contribution is 0.343. The number of benzene rings is 1. The summed E-state index contributed by atoms with van der Waals surface area (Å²) in [4.78, 5) is 0. The minimum atomic E-state index is -0.277. The number of rotatable bonds is 8. The van der Waals surface area contributed by atoms with Crippen LogP contribution in [0.25, 0.3) is 11.4 Å². The molecule has 0 saturated carbocycles. The van der Waals surface area contributed by atoms with Gasteiger partial charge < -0.3 is 9.15 Å². The summed E-state index contributed by atoms with van der Waals surface area (Å²) in [5.74, 6) is 2.62. The van der Waals surface area contributed by atoms with Crippen molar-refractivity contribution in [2.24, 2.45) is 0 Å². The summed E-state index contributed by atoms with van der Waals surface area (Å²) in [7, 11) is 0. The summed E-state index contributed by atoms with van der Waals surface area (Å²) >= 11 is 1.55. The summed E-state index contributed by atoms with van der Waals surface area (Å²) in [6.45, 7) is 6.78. The standard InChI is InChI=1S/C18H18FN3O2S/c1-3-9-22-17(16-8-10-23-13(16)2)20-21-18(22)25-12-11-24-15-6-4-14(19)5-7-15/h3-8,10H,1,9,11-12H2,2H3. The molecule has 3 aromatic rings. The Hall–Kier alpha value is -2.54. The van der Waals surface area contributed by atoms with Crippen LogP contribution in [0, 0.1) is 12.7 Å². The van der Waals surface area contributed by atoms with E-state index in [0.717, 1.165) is 22.3 Å². The zero-order chi connectivity index (χ0) is 17.6. The Bertz CT molecular complexity index is 842. The zero-order valence-electron chi connectivity index (χ0n) is 13.8. The first-order valence-corrected chi connectivity index (χ1v) is 8.77. The second kappa shape index (κ2) is 8.02. The predicted molar refractivity (Wildman–Crippen MR) is 95.3 cm³/mol. The minimum Gasteiger partial charge on any atom is -0.493 e. The van der Waals surface area contributed by atoms with Crippen molar-refractivity contribution >= 4 is 11.8 Å². The summed E-state index contributed by atoms with van der Waals surface area (Å²) < 4.78 is 25.8. The number of aryl methyl sites for hydroxylation is 1. The molecule has 0 atom stereocenters. The Morgan fingerprint density at radius 3 is 2.76 bits per heavy atom. The van der Waals surface area contributed by atoms with Crippen LogP contribution in [0.5, 0.6) is 5.75 Å². The van der Waals surface area contributed by atoms with Crippen molar-refractivity contribution < 1.29 is 13.5 Å². The molecule has 3 rings (SSSR count). The number of furan rings is 1. The lowest BCUT2D eigenvalue weighted by atomic mass is 10.2. The average Bonchev–Trinajstić information content (AvgIpc) is 3.20. The number of halogens is 1. The molecule has 2 aromatic heterocycles. The smallest absolute Gasteiger partial charge is 0.191 e. The first-order chi connectivity index (χ1) is 12.2. The molecule has 0 saturated heterocycles. The maximum atomic E-state index is 12.9. The molecule has 0 aliphatic rings. The van der Waals surface area contributed by atoms with E-state index in [9.17, 15) is 4.39 Å². The number of aromatic nitrogens is 3. The molecule has 0 spiro atoms. The van der Waals surface area contributed by atoms with Crippen LogP contribution >= 0.6 is 11.8 Å². The van der Waals surface area contributed by atoms with Gasteiger partial charge in [0, 0.05) is 12.3 Å². The summed E-state index contributed by atoms with van der Waals surface area (Å²) in [5.41, 5.74) is 0.920. The highest BCUT2D eigenvalue weighted by molar-refractivity contribution is 7.99. The second-order valence-corrected chi connectivity index (χ2v) is 6.31. The van der Waals surface area contributed by atoms with E-state index in [1.54, 1.807) is 36.2 Å². The molecule has 2 heterocycles. The van der Waals surface area contributed by atoms with Crippen LogP contribution in [0.2, 0.25) is 0 Å². The van der Waals surface area contributed by atoms with Crippen molar-refractivity contribution in [2.75, 3.05) is 12.4 Å². The Balaban J connectivity index is 1.64. The van der Waals surface area contributed by atoms with Gasteiger partial charge in [0.1, 0.15) is 17.3 Å². The maximum absolute atomic E-state index is 12.9. The van der Waals surface area contributed by atoms with Crippen LogP contribution in [0.4, 0.5) is 4.39 Å². The monoisotopic (exact) mass is 359 g/mol. The molecule has 0 fully saturated rings. The molecule has 5 nitrogen and oxygen atoms in total. The third kappa shape index (κ3) is 4.11. The van der Waals surface area contributed by atoms with E-state index in [4.69, 9.17) is 9.15 Å². The van der Waals surface area contributed by atoms with Crippen molar-refractivity contribution in [3.05, 3.63) is 60.8 Å². The molecule has 0 bridgehead atoms. The van der Waals surface area contributed by atoms with E-state index in [1.807, 2.05) is 17.6 Å². The molecule has 0 aliphatic carbocycles. The van der Waals surface area contributed by atoms with E-state index in [1.165, 1.54) is 12.1 Å². The fraction of sp³-hybridized carbons (Fsp3) is 0.222. The van der Waals surface area contributed by atoms with E-state index in [0.29, 0.717) is 24.7 Å². The second-order valence-electron chi connectivity index (χ2n) is 5.25. The predicted octanol–water partition coefficient (Wildman–Crippen LogP) is 4.34. The van der Waals surface area contributed by atoms with Crippen LogP contribution in [-0.4, -0.2) is 27.1 Å². The third-order valence-electron chi connectivity index (χ3n) is 3.53. The van der Waals surface area contributed by atoms with Crippen LogP contribution < -0.4 is 4.74 Å². The van der Waals surface area contributed by atoms with E-state index >= 15 is 0 Å². The van der Waals surface area contributed by atoms with Gasteiger partial charge in [-0.2, -0.15) is 0 Å². The quantitative estimate of drug-likeness (QED) is 0.340. The number of hydrogen-bond donors (Lipinski definition) is 0. The Morgan fingerprint density at radius 1 is 1.28 bits per heavy atom. The van der Waals surface area contributed by atoms with Gasteiger partial charge in [0.05, 0.1) is 18.4 Å². The number of ether oxygens (including phenoxy) is 1. The molecule has 1 aromatic carbocycles. The molecular weight excluding hydrogens is 341 g/mol. The van der Waals surface area contributed by atoms with Crippen molar-refractivity contribution in [2.45, 2.75) is 18.6 Å². The van der Waals surface area contributed by atoms with E-state index in [2.05, 4.69) is 16.8 Å². The number of hydrogen-bond acceptors (Lipinski definition) is 5. The highest BCUT2D eigenvalue weighted by atomic mass is 32.2. The average molecular weight is 359 g/mol. The van der Waals surface area contributed by atoms with Crippen molar-refractivity contribution in [3.8, 4) is 17.1 Å². The fourth-order valence-corrected chi connectivity index (χ4v) is 3.09. The van der Waals surface area contributed by atoms with Gasteiger partial charge in [-0.3, -0.25) is 4.57 Å². The normalized spacial score (nSPS) is 10.8. The highest BCUT2D eigenvalue weighted by Gasteiger charge is 2.16. The Morgan fingerprint density at radius 2 is 2.08 bits per heavy atom. The number of nitrogens with zero attached hydrogens (tertiary/aromatic N) is 3. The van der Waals surface area contributed by atoms with Gasteiger partial charge in [0.25, 0.3) is 0 Å². The molecule has 0 unspecified atom stereocenters. The lowest BCUT2D eigenvalue weighted by Gasteiger charge is -2.08. The van der Waals surface area contributed by atoms with Crippen molar-refractivity contribution in [3.63, 3.8) is 0 Å². The van der Waals surface area contributed by atoms with Crippen LogP contribution in [-0.2, 0) is 6.54 Å². The van der Waals surface area contributed by atoms with Gasteiger partial charge in [-0.15, -0.1) is 16.8 Å². The van der Waals surface area contributed by atoms with Gasteiger partial charge in [-0.1, -0.05) is 17.8 Å². The van der Waals surface area contributed by atoms with Gasteiger partial charge in [0.15, 0.2) is 11.0 Å². The Kier molecular flexibility index (Phi) is 5.55. The molecule has 25 heavy (non-hydrogen) atoms. The zero-order valence-corrected chi connectivity index (χ0v) is 14.6. The topological polar surface area (TPSA) is 53.1 Å². The SMILES string of the molecule is C=CCn1c(SCCOc2ccc(F)cc2)nnc1-c1ccoc1C. The summed E-state index contributed by atoms with van der Waals surface area (Å²) in [6, 6.07) is 7.86. The molecule has 7 heteroatoms. The molecule has 0 aliphatic heterocycles. The van der Waals surface area contributed by atoms with E-state index < -0.39 is 0 Å². The van der Waals surface area contributed by atoms with Crippen LogP contribution in [0.1, 0.15) is 5.76 Å². The summed E-state index contributed by atoms with van der Waals surface area (Å²) in [6.07, 6.45) is 3.45. The highest BCUT2D eigenvalue weighted by Crippen LogP contribution is 2.27. The van der Waals surface area contributed by atoms with Crippen LogP contribution in [0.3, 0.4) is 0 Å². The molecule has 130 valence electrons. The van der Waals surface area contributed by atoms with Gasteiger partial charge in [-0.25, -0.2) is 4.39 Å². The maximum Gasteiger partial charge on any atom is 0.191 e. The van der Waals surface area contributed by atoms with Gasteiger partial charge >= 0.3 is 0 Å². The van der Waals surface area contributed by atoms with E-state index in [-0.39, 0.29) is 5.82 Å². The van der Waals surface area contributed by atoms with Crippen molar-refractivity contribution in [1.29, 1.82) is 0 Å². The first-order valence-electron chi connectivity index (χ1n) is 7.78. The first kappa shape index (κ1) is 17.3. The molecular formula is C18H18FN3O2S.